The van der Waals surface area contributed by atoms with Crippen LogP contribution >= 0.6 is 0 Å². The highest BCUT2D eigenvalue weighted by Crippen LogP contribution is 2.12. The van der Waals surface area contributed by atoms with Gasteiger partial charge in [0.2, 0.25) is 0 Å². The minimum atomic E-state index is -0.679. The predicted molar refractivity (Wildman–Crippen MR) is 51.8 cm³/mol. The summed E-state index contributed by atoms with van der Waals surface area (Å²) in [7, 11) is 1.30. The summed E-state index contributed by atoms with van der Waals surface area (Å²) in [5.41, 5.74) is 6.36. The number of hydrogen-bond acceptors (Lipinski definition) is 4. The summed E-state index contributed by atoms with van der Waals surface area (Å²) in [5.74, 6) is -0.284. The molecular formula is C10H13NO3. The molecule has 0 aliphatic rings. The monoisotopic (exact) mass is 195 g/mol. The topological polar surface area (TPSA) is 72.5 Å². The van der Waals surface area contributed by atoms with Gasteiger partial charge in [-0.25, -0.2) is 0 Å². The maximum absolute atomic E-state index is 11.0. The van der Waals surface area contributed by atoms with Crippen molar-refractivity contribution < 1.29 is 14.6 Å². The van der Waals surface area contributed by atoms with E-state index in [1.807, 2.05) is 0 Å². The summed E-state index contributed by atoms with van der Waals surface area (Å²) in [6, 6.07) is 5.95. The van der Waals surface area contributed by atoms with Crippen molar-refractivity contribution in [1.29, 1.82) is 0 Å². The molecule has 0 amide bonds. The lowest BCUT2D eigenvalue weighted by atomic mass is 10.1. The molecular weight excluding hydrogens is 182 g/mol. The van der Waals surface area contributed by atoms with Gasteiger partial charge in [-0.1, -0.05) is 12.1 Å². The molecule has 0 aliphatic carbocycles. The Morgan fingerprint density at radius 1 is 1.64 bits per heavy atom. The van der Waals surface area contributed by atoms with Crippen LogP contribution in [0.25, 0.3) is 0 Å². The Labute approximate surface area is 82.3 Å². The largest absolute Gasteiger partial charge is 0.508 e. The summed E-state index contributed by atoms with van der Waals surface area (Å²) in [6.45, 7) is 0. The highest BCUT2D eigenvalue weighted by atomic mass is 16.5. The molecule has 0 aliphatic heterocycles. The first kappa shape index (κ1) is 10.5. The van der Waals surface area contributed by atoms with Gasteiger partial charge in [0.05, 0.1) is 7.11 Å². The van der Waals surface area contributed by atoms with Gasteiger partial charge in [-0.15, -0.1) is 0 Å². The third-order valence-electron chi connectivity index (χ3n) is 1.87. The molecule has 1 aromatic rings. The van der Waals surface area contributed by atoms with Crippen molar-refractivity contribution in [3.8, 4) is 5.75 Å². The van der Waals surface area contributed by atoms with Gasteiger partial charge in [-0.05, 0) is 24.1 Å². The molecule has 0 radical (unpaired) electrons. The van der Waals surface area contributed by atoms with Crippen LogP contribution in [0.1, 0.15) is 5.56 Å². The van der Waals surface area contributed by atoms with Gasteiger partial charge in [-0.2, -0.15) is 0 Å². The number of benzene rings is 1. The summed E-state index contributed by atoms with van der Waals surface area (Å²) >= 11 is 0. The Bertz CT molecular complexity index is 325. The van der Waals surface area contributed by atoms with Crippen molar-refractivity contribution in [2.75, 3.05) is 7.11 Å². The Morgan fingerprint density at radius 3 is 2.93 bits per heavy atom. The molecule has 0 unspecified atom stereocenters. The number of rotatable bonds is 3. The van der Waals surface area contributed by atoms with E-state index in [2.05, 4.69) is 4.74 Å². The number of carbonyl (C=O) groups excluding carboxylic acids is 1. The summed E-state index contributed by atoms with van der Waals surface area (Å²) < 4.78 is 4.49. The van der Waals surface area contributed by atoms with Gasteiger partial charge in [0.1, 0.15) is 11.8 Å². The van der Waals surface area contributed by atoms with Gasteiger partial charge >= 0.3 is 5.97 Å². The second kappa shape index (κ2) is 4.62. The van der Waals surface area contributed by atoms with Crippen LogP contribution in [0.15, 0.2) is 24.3 Å². The van der Waals surface area contributed by atoms with Crippen molar-refractivity contribution in [2.24, 2.45) is 5.73 Å². The molecule has 0 aromatic heterocycles. The normalized spacial score (nSPS) is 12.1. The third kappa shape index (κ3) is 2.74. The zero-order valence-corrected chi connectivity index (χ0v) is 7.93. The standard InChI is InChI=1S/C10H13NO3/c1-14-10(13)9(11)6-7-3-2-4-8(12)5-7/h2-5,9,12H,6,11H2,1H3/t9-/m1/s1. The molecule has 1 atom stereocenters. The van der Waals surface area contributed by atoms with E-state index in [9.17, 15) is 4.79 Å². The van der Waals surface area contributed by atoms with Crippen LogP contribution in [-0.2, 0) is 16.0 Å². The highest BCUT2D eigenvalue weighted by Gasteiger charge is 2.13. The summed E-state index contributed by atoms with van der Waals surface area (Å²) in [6.07, 6.45) is 0.362. The average molecular weight is 195 g/mol. The Morgan fingerprint density at radius 2 is 2.36 bits per heavy atom. The minimum absolute atomic E-state index is 0.166. The fourth-order valence-corrected chi connectivity index (χ4v) is 1.17. The van der Waals surface area contributed by atoms with E-state index in [4.69, 9.17) is 10.8 Å². The van der Waals surface area contributed by atoms with E-state index < -0.39 is 12.0 Å². The molecule has 0 heterocycles. The lowest BCUT2D eigenvalue weighted by Gasteiger charge is -2.08. The molecule has 0 saturated carbocycles. The number of phenols is 1. The summed E-state index contributed by atoms with van der Waals surface area (Å²) in [5, 5.41) is 9.16. The van der Waals surface area contributed by atoms with Crippen LogP contribution in [0, 0.1) is 0 Å². The molecule has 3 N–H and O–H groups in total. The molecule has 0 spiro atoms. The molecule has 0 saturated heterocycles. The zero-order chi connectivity index (χ0) is 10.6. The Balaban J connectivity index is 2.64. The van der Waals surface area contributed by atoms with Gasteiger partial charge < -0.3 is 15.6 Å². The lowest BCUT2D eigenvalue weighted by Crippen LogP contribution is -2.33. The molecule has 76 valence electrons. The first-order valence-corrected chi connectivity index (χ1v) is 4.25. The van der Waals surface area contributed by atoms with E-state index in [0.29, 0.717) is 6.42 Å². The Hall–Kier alpha value is -1.55. The van der Waals surface area contributed by atoms with E-state index >= 15 is 0 Å². The molecule has 14 heavy (non-hydrogen) atoms. The number of hydrogen-bond donors (Lipinski definition) is 2. The second-order valence-corrected chi connectivity index (χ2v) is 3.00. The van der Waals surface area contributed by atoms with Gasteiger partial charge in [0.25, 0.3) is 0 Å². The van der Waals surface area contributed by atoms with E-state index in [0.717, 1.165) is 5.56 Å². The van der Waals surface area contributed by atoms with E-state index in [1.54, 1.807) is 24.3 Å². The fourth-order valence-electron chi connectivity index (χ4n) is 1.17. The smallest absolute Gasteiger partial charge is 0.322 e. The van der Waals surface area contributed by atoms with Crippen LogP contribution in [0.3, 0.4) is 0 Å². The first-order valence-electron chi connectivity index (χ1n) is 4.25. The Kier molecular flexibility index (Phi) is 3.48. The average Bonchev–Trinajstić information content (AvgIpc) is 2.16. The van der Waals surface area contributed by atoms with Crippen molar-refractivity contribution >= 4 is 5.97 Å². The number of carbonyl (C=O) groups is 1. The van der Waals surface area contributed by atoms with Crippen LogP contribution in [0.2, 0.25) is 0 Å². The minimum Gasteiger partial charge on any atom is -0.508 e. The van der Waals surface area contributed by atoms with E-state index in [1.165, 1.54) is 7.11 Å². The van der Waals surface area contributed by atoms with Gasteiger partial charge in [-0.3, -0.25) is 4.79 Å². The molecule has 1 aromatic carbocycles. The number of nitrogens with two attached hydrogens (primary N) is 1. The number of aromatic hydroxyl groups is 1. The fraction of sp³-hybridized carbons (Fsp3) is 0.300. The summed E-state index contributed by atoms with van der Waals surface area (Å²) in [4.78, 5) is 11.0. The third-order valence-corrected chi connectivity index (χ3v) is 1.87. The number of ether oxygens (including phenoxy) is 1. The van der Waals surface area contributed by atoms with Crippen molar-refractivity contribution in [3.05, 3.63) is 29.8 Å². The van der Waals surface area contributed by atoms with Crippen molar-refractivity contribution in [2.45, 2.75) is 12.5 Å². The highest BCUT2D eigenvalue weighted by molar-refractivity contribution is 5.75. The maximum Gasteiger partial charge on any atom is 0.322 e. The number of esters is 1. The van der Waals surface area contributed by atoms with Crippen LogP contribution < -0.4 is 5.73 Å². The first-order chi connectivity index (χ1) is 6.63. The van der Waals surface area contributed by atoms with E-state index in [-0.39, 0.29) is 5.75 Å². The number of phenolic OH excluding ortho intramolecular Hbond substituents is 1. The molecule has 0 bridgehead atoms. The lowest BCUT2D eigenvalue weighted by molar-refractivity contribution is -0.142. The van der Waals surface area contributed by atoms with Crippen LogP contribution in [0.5, 0.6) is 5.75 Å². The SMILES string of the molecule is COC(=O)[C@H](N)Cc1cccc(O)c1. The molecule has 1 rings (SSSR count). The van der Waals surface area contributed by atoms with Crippen LogP contribution in [-0.4, -0.2) is 24.2 Å². The number of methoxy groups -OCH3 is 1. The van der Waals surface area contributed by atoms with Gasteiger partial charge in [0.15, 0.2) is 0 Å². The quantitative estimate of drug-likeness (QED) is 0.686. The maximum atomic E-state index is 11.0. The zero-order valence-electron chi connectivity index (χ0n) is 7.93. The van der Waals surface area contributed by atoms with Gasteiger partial charge in [0, 0.05) is 0 Å². The molecule has 4 heteroatoms. The predicted octanol–water partition coefficient (Wildman–Crippen LogP) is 0.435. The molecule has 0 fully saturated rings. The van der Waals surface area contributed by atoms with Crippen molar-refractivity contribution in [3.63, 3.8) is 0 Å². The second-order valence-electron chi connectivity index (χ2n) is 3.00. The van der Waals surface area contributed by atoms with Crippen LogP contribution in [0.4, 0.5) is 0 Å². The molecule has 4 nitrogen and oxygen atoms in total. The van der Waals surface area contributed by atoms with Crippen molar-refractivity contribution in [1.82, 2.24) is 0 Å².